The normalized spacial score (nSPS) is 10.4. The number of carbonyl (C=O) groups is 2. The minimum absolute atomic E-state index is 0.0315. The predicted molar refractivity (Wildman–Crippen MR) is 96.1 cm³/mol. The van der Waals surface area contributed by atoms with Crippen molar-refractivity contribution in [2.75, 3.05) is 0 Å². The topological polar surface area (TPSA) is 60.1 Å². The van der Waals surface area contributed by atoms with Crippen LogP contribution in [-0.2, 0) is 6.54 Å². The smallest absolute Gasteiger partial charge is 0.410 e. The summed E-state index contributed by atoms with van der Waals surface area (Å²) < 4.78 is 7.08. The van der Waals surface area contributed by atoms with Crippen LogP contribution in [0.4, 0.5) is 0 Å². The van der Waals surface area contributed by atoms with Gasteiger partial charge in [-0.15, -0.1) is 0 Å². The first-order valence-corrected chi connectivity index (χ1v) is 8.26. The Bertz CT molecular complexity index is 952. The van der Waals surface area contributed by atoms with E-state index in [0.29, 0.717) is 11.3 Å². The van der Waals surface area contributed by atoms with Crippen molar-refractivity contribution < 1.29 is 18.9 Å². The second-order valence-corrected chi connectivity index (χ2v) is 5.97. The van der Waals surface area contributed by atoms with Gasteiger partial charge >= 0.3 is 11.7 Å². The molecule has 0 aliphatic carbocycles. The van der Waals surface area contributed by atoms with Crippen LogP contribution in [0.5, 0.6) is 5.75 Å². The van der Waals surface area contributed by atoms with Crippen molar-refractivity contribution in [2.24, 2.45) is 0 Å². The zero-order valence-electron chi connectivity index (χ0n) is 14.7. The molecule has 26 heavy (non-hydrogen) atoms. The van der Waals surface area contributed by atoms with Crippen molar-refractivity contribution in [1.82, 2.24) is 4.98 Å². The van der Waals surface area contributed by atoms with Gasteiger partial charge in [-0.25, -0.2) is 4.79 Å². The number of esters is 1. The monoisotopic (exact) mass is 347 g/mol. The highest BCUT2D eigenvalue weighted by Gasteiger charge is 2.24. The van der Waals surface area contributed by atoms with Crippen LogP contribution in [0, 0.1) is 13.8 Å². The lowest BCUT2D eigenvalue weighted by Gasteiger charge is -2.08. The Morgan fingerprint density at radius 3 is 2.58 bits per heavy atom. The fourth-order valence-electron chi connectivity index (χ4n) is 2.55. The Labute approximate surface area is 151 Å². The molecule has 0 radical (unpaired) electrons. The average molecular weight is 347 g/mol. The lowest BCUT2D eigenvalue weighted by molar-refractivity contribution is -0.686. The summed E-state index contributed by atoms with van der Waals surface area (Å²) in [6.07, 6.45) is 4.54. The highest BCUT2D eigenvalue weighted by molar-refractivity contribution is 5.95. The summed E-state index contributed by atoms with van der Waals surface area (Å²) in [7, 11) is 0. The van der Waals surface area contributed by atoms with Crippen LogP contribution >= 0.6 is 0 Å². The Balaban J connectivity index is 1.83. The molecular formula is C21H19N2O3+. The van der Waals surface area contributed by atoms with E-state index >= 15 is 0 Å². The van der Waals surface area contributed by atoms with Crippen LogP contribution in [-0.4, -0.2) is 16.7 Å². The molecule has 0 aliphatic rings. The molecule has 130 valence electrons. The molecule has 0 aliphatic heterocycles. The van der Waals surface area contributed by atoms with E-state index in [0.717, 1.165) is 11.1 Å². The summed E-state index contributed by atoms with van der Waals surface area (Å²) >= 11 is 0. The van der Waals surface area contributed by atoms with Gasteiger partial charge in [-0.2, -0.15) is 4.57 Å². The molecule has 5 heteroatoms. The number of Topliss-reactive ketones (excluding diaryl/α,β-unsaturated/α-hetero) is 1. The molecule has 0 saturated carbocycles. The number of ether oxygens (including phenoxy) is 1. The van der Waals surface area contributed by atoms with E-state index < -0.39 is 5.97 Å². The maximum Gasteiger partial charge on any atom is 0.410 e. The van der Waals surface area contributed by atoms with Gasteiger partial charge in [0.25, 0.3) is 0 Å². The van der Waals surface area contributed by atoms with Crippen LogP contribution < -0.4 is 9.30 Å². The van der Waals surface area contributed by atoms with E-state index in [4.69, 9.17) is 4.74 Å². The molecule has 3 aromatic rings. The van der Waals surface area contributed by atoms with E-state index in [1.807, 2.05) is 32.0 Å². The molecule has 3 rings (SSSR count). The Morgan fingerprint density at radius 2 is 1.81 bits per heavy atom. The zero-order valence-corrected chi connectivity index (χ0v) is 14.7. The molecule has 0 saturated heterocycles. The number of benzene rings is 2. The van der Waals surface area contributed by atoms with Gasteiger partial charge in [-0.1, -0.05) is 42.5 Å². The second kappa shape index (κ2) is 7.70. The first-order chi connectivity index (χ1) is 12.6. The molecule has 0 unspecified atom stereocenters. The van der Waals surface area contributed by atoms with Gasteiger partial charge in [0.15, 0.2) is 6.20 Å². The van der Waals surface area contributed by atoms with E-state index in [2.05, 4.69) is 4.98 Å². The number of hydrogen-bond acceptors (Lipinski definition) is 4. The highest BCUT2D eigenvalue weighted by atomic mass is 16.5. The Hall–Kier alpha value is -3.34. The molecule has 5 nitrogen and oxygen atoms in total. The van der Waals surface area contributed by atoms with E-state index in [9.17, 15) is 9.59 Å². The van der Waals surface area contributed by atoms with Crippen molar-refractivity contribution in [1.29, 1.82) is 0 Å². The quantitative estimate of drug-likeness (QED) is 0.308. The third-order valence-corrected chi connectivity index (χ3v) is 4.22. The summed E-state index contributed by atoms with van der Waals surface area (Å²) in [6.45, 7) is 3.88. The van der Waals surface area contributed by atoms with Crippen molar-refractivity contribution in [3.63, 3.8) is 0 Å². The second-order valence-electron chi connectivity index (χ2n) is 5.97. The van der Waals surface area contributed by atoms with Crippen LogP contribution in [0.25, 0.3) is 0 Å². The molecule has 0 spiro atoms. The molecule has 0 bridgehead atoms. The van der Waals surface area contributed by atoms with Crippen LogP contribution in [0.1, 0.15) is 32.0 Å². The number of aromatic nitrogens is 2. The number of rotatable bonds is 5. The lowest BCUT2D eigenvalue weighted by atomic mass is 10.1. The molecule has 0 amide bonds. The minimum atomic E-state index is -0.548. The summed E-state index contributed by atoms with van der Waals surface area (Å²) in [4.78, 5) is 29.1. The number of aryl methyl sites for hydroxylation is 1. The first-order valence-electron chi connectivity index (χ1n) is 8.26. The summed E-state index contributed by atoms with van der Waals surface area (Å²) in [6, 6.07) is 14.5. The highest BCUT2D eigenvalue weighted by Crippen LogP contribution is 2.21. The van der Waals surface area contributed by atoms with Crippen molar-refractivity contribution >= 4 is 11.8 Å². The Morgan fingerprint density at radius 1 is 1.04 bits per heavy atom. The van der Waals surface area contributed by atoms with Crippen LogP contribution in [0.3, 0.4) is 0 Å². The van der Waals surface area contributed by atoms with Gasteiger partial charge in [-0.3, -0.25) is 9.78 Å². The maximum absolute atomic E-state index is 12.6. The molecule has 0 fully saturated rings. The summed E-state index contributed by atoms with van der Waals surface area (Å²) in [5, 5.41) is 0. The van der Waals surface area contributed by atoms with Crippen LogP contribution in [0.2, 0.25) is 0 Å². The van der Waals surface area contributed by atoms with Crippen LogP contribution in [0.15, 0.2) is 67.1 Å². The summed E-state index contributed by atoms with van der Waals surface area (Å²) in [5.74, 6) is -0.143. The predicted octanol–water partition coefficient (Wildman–Crippen LogP) is 3.09. The molecule has 0 N–H and O–H groups in total. The van der Waals surface area contributed by atoms with Gasteiger partial charge < -0.3 is 4.74 Å². The average Bonchev–Trinajstić information content (AvgIpc) is 2.66. The zero-order chi connectivity index (χ0) is 18.5. The molecule has 1 aromatic heterocycles. The maximum atomic E-state index is 12.6. The molecular weight excluding hydrogens is 328 g/mol. The molecule has 1 heterocycles. The van der Waals surface area contributed by atoms with Crippen molar-refractivity contribution in [2.45, 2.75) is 20.4 Å². The van der Waals surface area contributed by atoms with Gasteiger partial charge in [-0.05, 0) is 31.0 Å². The van der Waals surface area contributed by atoms with E-state index in [1.54, 1.807) is 41.1 Å². The Kier molecular flexibility index (Phi) is 5.17. The van der Waals surface area contributed by atoms with E-state index in [1.165, 1.54) is 12.4 Å². The standard InChI is InChI=1S/C21H19N2O3/c1-15-7-6-10-20(16(15)2)26-21(25)18-13-22-11-12-23(18)14-19(24)17-8-4-3-5-9-17/h3-13H,14H2,1-2H3/q+1. The van der Waals surface area contributed by atoms with Gasteiger partial charge in [0.05, 0.1) is 6.20 Å². The number of carbonyl (C=O) groups excluding carboxylic acids is 2. The fourth-order valence-corrected chi connectivity index (χ4v) is 2.55. The summed E-state index contributed by atoms with van der Waals surface area (Å²) in [5.41, 5.74) is 2.74. The van der Waals surface area contributed by atoms with Gasteiger partial charge in [0, 0.05) is 5.56 Å². The third-order valence-electron chi connectivity index (χ3n) is 4.22. The fraction of sp³-hybridized carbons (Fsp3) is 0.143. The van der Waals surface area contributed by atoms with Crippen molar-refractivity contribution in [3.05, 3.63) is 89.5 Å². The number of ketones is 1. The largest absolute Gasteiger partial charge is 0.418 e. The lowest BCUT2D eigenvalue weighted by Crippen LogP contribution is -2.44. The molecule has 2 aromatic carbocycles. The molecule has 0 atom stereocenters. The first kappa shape index (κ1) is 17.5. The SMILES string of the molecule is Cc1cccc(OC(=O)c2cncc[n+]2CC(=O)c2ccccc2)c1C. The van der Waals surface area contributed by atoms with Gasteiger partial charge in [0.1, 0.15) is 11.9 Å². The van der Waals surface area contributed by atoms with E-state index in [-0.39, 0.29) is 18.0 Å². The van der Waals surface area contributed by atoms with Gasteiger partial charge in [0.2, 0.25) is 12.3 Å². The minimum Gasteiger partial charge on any atom is -0.418 e. The third kappa shape index (κ3) is 3.83. The number of hydrogen-bond donors (Lipinski definition) is 0. The number of nitrogens with zero attached hydrogens (tertiary/aromatic N) is 2. The van der Waals surface area contributed by atoms with Crippen molar-refractivity contribution in [3.8, 4) is 5.75 Å².